The lowest BCUT2D eigenvalue weighted by molar-refractivity contribution is -0.137. The van der Waals surface area contributed by atoms with Crippen molar-refractivity contribution in [2.24, 2.45) is 4.99 Å². The number of nitrogens with one attached hydrogen (secondary N) is 1. The highest BCUT2D eigenvalue weighted by atomic mass is 19.4. The number of benzene rings is 1. The number of pyridine rings is 1. The Morgan fingerprint density at radius 3 is 2.60 bits per heavy atom. The molecule has 1 fully saturated rings. The number of alkyl halides is 3. The summed E-state index contributed by atoms with van der Waals surface area (Å²) in [5.41, 5.74) is -2.07. The highest BCUT2D eigenvalue weighted by molar-refractivity contribution is 6.06. The third-order valence-corrected chi connectivity index (χ3v) is 5.65. The summed E-state index contributed by atoms with van der Waals surface area (Å²) in [7, 11) is 0. The average molecular weight is 494 g/mol. The molecule has 2 aromatic rings. The van der Waals surface area contributed by atoms with Gasteiger partial charge in [-0.1, -0.05) is 0 Å². The number of nitrogens with zero attached hydrogens (tertiary/aromatic N) is 3. The Hall–Kier alpha value is -4.03. The second kappa shape index (κ2) is 8.96. The van der Waals surface area contributed by atoms with Gasteiger partial charge in [-0.25, -0.2) is 13.8 Å². The van der Waals surface area contributed by atoms with Crippen molar-refractivity contribution in [2.45, 2.75) is 37.5 Å². The van der Waals surface area contributed by atoms with Gasteiger partial charge in [0.25, 0.3) is 11.8 Å². The molecule has 0 saturated carbocycles. The fourth-order valence-electron chi connectivity index (χ4n) is 3.92. The van der Waals surface area contributed by atoms with E-state index in [2.05, 4.69) is 15.3 Å². The standard InChI is InChI=1S/C22H15F5N4O4/c23-14-2-1-7-28-18(14)13(22(25,26)27)8-29-19(33)11-4-3-10-12(17(11)24)9-31(21(10)35)15-5-6-16(32)30-20(15)34/h1-4,7-8,13,15H,5-6,9H2,(H,30,32,34)/b29-8+. The highest BCUT2D eigenvalue weighted by Gasteiger charge is 2.43. The second-order valence-electron chi connectivity index (χ2n) is 7.83. The Labute approximate surface area is 193 Å². The fourth-order valence-corrected chi connectivity index (χ4v) is 3.92. The van der Waals surface area contributed by atoms with Gasteiger partial charge < -0.3 is 4.90 Å². The minimum atomic E-state index is -5.04. The van der Waals surface area contributed by atoms with Crippen LogP contribution in [0.1, 0.15) is 50.7 Å². The Morgan fingerprint density at radius 2 is 1.94 bits per heavy atom. The van der Waals surface area contributed by atoms with Gasteiger partial charge in [-0.15, -0.1) is 0 Å². The van der Waals surface area contributed by atoms with Gasteiger partial charge in [0, 0.05) is 30.0 Å². The number of carbonyl (C=O) groups is 4. The maximum atomic E-state index is 15.1. The second-order valence-corrected chi connectivity index (χ2v) is 7.83. The Kier molecular flexibility index (Phi) is 6.17. The lowest BCUT2D eigenvalue weighted by atomic mass is 10.0. The summed E-state index contributed by atoms with van der Waals surface area (Å²) in [6.45, 7) is -0.387. The Bertz CT molecular complexity index is 1280. The molecule has 182 valence electrons. The van der Waals surface area contributed by atoms with Crippen molar-refractivity contribution >= 4 is 29.8 Å². The number of carbonyl (C=O) groups excluding carboxylic acids is 4. The van der Waals surface area contributed by atoms with Gasteiger partial charge in [-0.2, -0.15) is 13.2 Å². The molecule has 8 nitrogen and oxygen atoms in total. The average Bonchev–Trinajstić information content (AvgIpc) is 3.11. The molecule has 0 aliphatic carbocycles. The lowest BCUT2D eigenvalue weighted by Gasteiger charge is -2.29. The first-order valence-corrected chi connectivity index (χ1v) is 10.2. The predicted molar refractivity (Wildman–Crippen MR) is 108 cm³/mol. The van der Waals surface area contributed by atoms with Crippen LogP contribution in [0.15, 0.2) is 35.5 Å². The number of piperidine rings is 1. The number of aliphatic imine (C=N–C) groups is 1. The first-order chi connectivity index (χ1) is 16.5. The van der Waals surface area contributed by atoms with E-state index in [1.165, 1.54) is 0 Å². The van der Waals surface area contributed by atoms with Crippen LogP contribution in [-0.4, -0.2) is 51.9 Å². The van der Waals surface area contributed by atoms with Crippen LogP contribution in [0, 0.1) is 11.6 Å². The van der Waals surface area contributed by atoms with E-state index in [0.717, 1.165) is 35.4 Å². The number of imide groups is 1. The van der Waals surface area contributed by atoms with Crippen LogP contribution in [0.3, 0.4) is 0 Å². The number of aromatic nitrogens is 1. The van der Waals surface area contributed by atoms with Crippen molar-refractivity contribution in [2.75, 3.05) is 0 Å². The first kappa shape index (κ1) is 24.1. The third-order valence-electron chi connectivity index (χ3n) is 5.65. The van der Waals surface area contributed by atoms with Gasteiger partial charge >= 0.3 is 6.18 Å². The molecule has 4 amide bonds. The molecule has 2 aliphatic heterocycles. The number of fused-ring (bicyclic) bond motifs is 1. The summed E-state index contributed by atoms with van der Waals surface area (Å²) in [6.07, 6.45) is -3.94. The normalized spacial score (nSPS) is 19.2. The molecule has 1 saturated heterocycles. The number of halogens is 5. The van der Waals surface area contributed by atoms with E-state index in [9.17, 15) is 36.7 Å². The largest absolute Gasteiger partial charge is 0.402 e. The van der Waals surface area contributed by atoms with E-state index in [0.29, 0.717) is 0 Å². The molecule has 35 heavy (non-hydrogen) atoms. The summed E-state index contributed by atoms with van der Waals surface area (Å²) in [5.74, 6) is -8.40. The maximum absolute atomic E-state index is 15.1. The van der Waals surface area contributed by atoms with Crippen LogP contribution in [0.2, 0.25) is 0 Å². The third kappa shape index (κ3) is 4.53. The summed E-state index contributed by atoms with van der Waals surface area (Å²) in [4.78, 5) is 56.2. The molecule has 3 heterocycles. The molecule has 0 radical (unpaired) electrons. The van der Waals surface area contributed by atoms with Gasteiger partial charge in [-0.05, 0) is 30.7 Å². The summed E-state index contributed by atoms with van der Waals surface area (Å²) in [6, 6.07) is 2.83. The molecule has 2 unspecified atom stereocenters. The quantitative estimate of drug-likeness (QED) is 0.400. The van der Waals surface area contributed by atoms with Crippen LogP contribution in [0.5, 0.6) is 0 Å². The van der Waals surface area contributed by atoms with Gasteiger partial charge in [-0.3, -0.25) is 29.5 Å². The van der Waals surface area contributed by atoms with Crippen LogP contribution in [0.25, 0.3) is 0 Å². The first-order valence-electron chi connectivity index (χ1n) is 10.2. The Balaban J connectivity index is 1.60. The van der Waals surface area contributed by atoms with Crippen molar-refractivity contribution in [3.05, 3.63) is 64.5 Å². The van der Waals surface area contributed by atoms with Crippen LogP contribution >= 0.6 is 0 Å². The highest BCUT2D eigenvalue weighted by Crippen LogP contribution is 2.34. The maximum Gasteiger partial charge on any atom is 0.402 e. The van der Waals surface area contributed by atoms with Crippen LogP contribution in [0.4, 0.5) is 22.0 Å². The summed E-state index contributed by atoms with van der Waals surface area (Å²) in [5, 5.41) is 2.09. The van der Waals surface area contributed by atoms with Gasteiger partial charge in [0.15, 0.2) is 0 Å². The molecule has 0 spiro atoms. The van der Waals surface area contributed by atoms with E-state index >= 15 is 4.39 Å². The monoisotopic (exact) mass is 494 g/mol. The lowest BCUT2D eigenvalue weighted by Crippen LogP contribution is -2.52. The summed E-state index contributed by atoms with van der Waals surface area (Å²) >= 11 is 0. The molecule has 1 aromatic carbocycles. The number of amides is 4. The van der Waals surface area contributed by atoms with Crippen molar-refractivity contribution in [1.82, 2.24) is 15.2 Å². The predicted octanol–water partition coefficient (Wildman–Crippen LogP) is 2.68. The van der Waals surface area contributed by atoms with Crippen LogP contribution < -0.4 is 5.32 Å². The minimum Gasteiger partial charge on any atom is -0.322 e. The van der Waals surface area contributed by atoms with Gasteiger partial charge in [0.05, 0.1) is 17.8 Å². The smallest absolute Gasteiger partial charge is 0.322 e. The van der Waals surface area contributed by atoms with Gasteiger partial charge in [0.2, 0.25) is 11.8 Å². The van der Waals surface area contributed by atoms with E-state index in [-0.39, 0.29) is 36.7 Å². The van der Waals surface area contributed by atoms with Crippen LogP contribution in [-0.2, 0) is 16.1 Å². The minimum absolute atomic E-state index is 0.0191. The molecule has 1 aromatic heterocycles. The molecule has 1 N–H and O–H groups in total. The van der Waals surface area contributed by atoms with E-state index in [1.807, 2.05) is 0 Å². The van der Waals surface area contributed by atoms with Gasteiger partial charge in [0.1, 0.15) is 23.6 Å². The molecule has 4 rings (SSSR count). The van der Waals surface area contributed by atoms with Crippen molar-refractivity contribution in [3.63, 3.8) is 0 Å². The topological polar surface area (TPSA) is 109 Å². The number of hydrogen-bond donors (Lipinski definition) is 1. The molecule has 0 bridgehead atoms. The molecule has 2 atom stereocenters. The summed E-state index contributed by atoms with van der Waals surface area (Å²) < 4.78 is 69.3. The zero-order valence-corrected chi connectivity index (χ0v) is 17.6. The van der Waals surface area contributed by atoms with Crippen molar-refractivity contribution in [1.29, 1.82) is 0 Å². The number of rotatable bonds is 4. The molecule has 13 heteroatoms. The van der Waals surface area contributed by atoms with E-state index in [4.69, 9.17) is 0 Å². The fraction of sp³-hybridized carbons (Fsp3) is 0.273. The van der Waals surface area contributed by atoms with Crippen molar-refractivity contribution in [3.8, 4) is 0 Å². The van der Waals surface area contributed by atoms with E-state index < -0.39 is 64.7 Å². The molecular weight excluding hydrogens is 479 g/mol. The molecular formula is C22H15F5N4O4. The Morgan fingerprint density at radius 1 is 1.20 bits per heavy atom. The number of hydrogen-bond acceptors (Lipinski definition) is 5. The van der Waals surface area contributed by atoms with E-state index in [1.54, 1.807) is 0 Å². The van der Waals surface area contributed by atoms with Crippen molar-refractivity contribution < 1.29 is 41.1 Å². The zero-order valence-electron chi connectivity index (χ0n) is 17.6. The SMILES string of the molecule is O=C1CCC(N2Cc3c(ccc(C(=O)/N=C/C(c4ncccc4F)C(F)(F)F)c3F)C2=O)C(=O)N1. The molecule has 2 aliphatic rings. The zero-order chi connectivity index (χ0) is 25.5.